The smallest absolute Gasteiger partial charge is 0.320 e. The van der Waals surface area contributed by atoms with E-state index in [4.69, 9.17) is 15.9 Å². The third kappa shape index (κ3) is 7.90. The van der Waals surface area contributed by atoms with Crippen molar-refractivity contribution in [3.63, 3.8) is 0 Å². The first-order valence-corrected chi connectivity index (χ1v) is 4.94. The second-order valence-corrected chi connectivity index (χ2v) is 3.26. The number of aliphatic hydroxyl groups is 1. The molecule has 0 spiro atoms. The van der Waals surface area contributed by atoms with Gasteiger partial charge in [-0.3, -0.25) is 9.59 Å². The zero-order valence-electron chi connectivity index (χ0n) is 8.61. The van der Waals surface area contributed by atoms with Crippen molar-refractivity contribution in [1.82, 2.24) is 5.32 Å². The van der Waals surface area contributed by atoms with Gasteiger partial charge >= 0.3 is 5.97 Å². The second kappa shape index (κ2) is 8.19. The molecule has 0 heterocycles. The van der Waals surface area contributed by atoms with Gasteiger partial charge in [0.15, 0.2) is 0 Å². The van der Waals surface area contributed by atoms with Gasteiger partial charge in [-0.1, -0.05) is 0 Å². The average molecular weight is 218 g/mol. The number of aliphatic hydroxyl groups excluding tert-OH is 1. The minimum atomic E-state index is -1.09. The van der Waals surface area contributed by atoms with Crippen molar-refractivity contribution in [2.75, 3.05) is 13.2 Å². The summed E-state index contributed by atoms with van der Waals surface area (Å²) in [5.41, 5.74) is 5.23. The minimum absolute atomic E-state index is 0.111. The maximum atomic E-state index is 11.1. The van der Waals surface area contributed by atoms with E-state index in [-0.39, 0.29) is 25.4 Å². The molecule has 1 amide bonds. The van der Waals surface area contributed by atoms with Gasteiger partial charge in [0, 0.05) is 19.6 Å². The quantitative estimate of drug-likeness (QED) is 0.393. The van der Waals surface area contributed by atoms with Crippen molar-refractivity contribution in [1.29, 1.82) is 0 Å². The van der Waals surface area contributed by atoms with Gasteiger partial charge < -0.3 is 21.3 Å². The average Bonchev–Trinajstić information content (AvgIpc) is 2.20. The molecule has 0 saturated carbocycles. The van der Waals surface area contributed by atoms with Gasteiger partial charge in [0.25, 0.3) is 0 Å². The zero-order valence-corrected chi connectivity index (χ0v) is 8.61. The number of nitrogens with two attached hydrogens (primary N) is 1. The van der Waals surface area contributed by atoms with Crippen LogP contribution in [0.25, 0.3) is 0 Å². The summed E-state index contributed by atoms with van der Waals surface area (Å²) in [6, 6.07) is -0.979. The van der Waals surface area contributed by atoms with Gasteiger partial charge in [0.05, 0.1) is 0 Å². The topological polar surface area (TPSA) is 113 Å². The van der Waals surface area contributed by atoms with E-state index in [0.717, 1.165) is 0 Å². The summed E-state index contributed by atoms with van der Waals surface area (Å²) in [4.78, 5) is 21.4. The van der Waals surface area contributed by atoms with E-state index in [1.165, 1.54) is 0 Å². The van der Waals surface area contributed by atoms with E-state index in [9.17, 15) is 9.59 Å². The van der Waals surface area contributed by atoms with Crippen LogP contribution in [-0.4, -0.2) is 41.3 Å². The molecule has 1 atom stereocenters. The Balaban J connectivity index is 3.45. The van der Waals surface area contributed by atoms with Gasteiger partial charge in [0.1, 0.15) is 6.04 Å². The number of carboxylic acid groups (broad SMARTS) is 1. The van der Waals surface area contributed by atoms with Gasteiger partial charge in [-0.25, -0.2) is 0 Å². The molecule has 0 bridgehead atoms. The first-order valence-electron chi connectivity index (χ1n) is 4.94. The summed E-state index contributed by atoms with van der Waals surface area (Å²) in [5, 5.41) is 19.5. The van der Waals surface area contributed by atoms with Gasteiger partial charge in [0.2, 0.25) is 5.91 Å². The molecule has 0 aliphatic heterocycles. The molecule has 6 nitrogen and oxygen atoms in total. The van der Waals surface area contributed by atoms with E-state index in [0.29, 0.717) is 19.4 Å². The third-order valence-electron chi connectivity index (χ3n) is 1.91. The molecule has 0 aromatic carbocycles. The molecule has 88 valence electrons. The van der Waals surface area contributed by atoms with Crippen LogP contribution in [0.5, 0.6) is 0 Å². The second-order valence-electron chi connectivity index (χ2n) is 3.26. The normalized spacial score (nSPS) is 12.1. The van der Waals surface area contributed by atoms with Gasteiger partial charge in [-0.05, 0) is 19.3 Å². The first kappa shape index (κ1) is 13.9. The van der Waals surface area contributed by atoms with Crippen molar-refractivity contribution in [2.24, 2.45) is 5.73 Å². The lowest BCUT2D eigenvalue weighted by Gasteiger charge is -2.06. The molecule has 0 aromatic heterocycles. The number of unbranched alkanes of at least 4 members (excludes halogenated alkanes) is 1. The highest BCUT2D eigenvalue weighted by atomic mass is 16.4. The maximum absolute atomic E-state index is 11.1. The van der Waals surface area contributed by atoms with E-state index >= 15 is 0 Å². The summed E-state index contributed by atoms with van der Waals surface area (Å²) < 4.78 is 0. The molecule has 0 saturated heterocycles. The van der Waals surface area contributed by atoms with Crippen LogP contribution in [0.2, 0.25) is 0 Å². The van der Waals surface area contributed by atoms with Crippen LogP contribution in [0.4, 0.5) is 0 Å². The van der Waals surface area contributed by atoms with Crippen molar-refractivity contribution in [2.45, 2.75) is 31.7 Å². The Labute approximate surface area is 88.5 Å². The molecule has 15 heavy (non-hydrogen) atoms. The lowest BCUT2D eigenvalue weighted by Crippen LogP contribution is -2.32. The van der Waals surface area contributed by atoms with Crippen molar-refractivity contribution in [3.05, 3.63) is 0 Å². The fourth-order valence-electron chi connectivity index (χ4n) is 0.963. The number of carbonyl (C=O) groups is 2. The van der Waals surface area contributed by atoms with Crippen molar-refractivity contribution in [3.8, 4) is 0 Å². The van der Waals surface area contributed by atoms with Crippen molar-refractivity contribution < 1.29 is 19.8 Å². The number of amides is 1. The fourth-order valence-corrected chi connectivity index (χ4v) is 0.963. The fraction of sp³-hybridized carbons (Fsp3) is 0.778. The molecule has 0 radical (unpaired) electrons. The van der Waals surface area contributed by atoms with E-state index < -0.39 is 12.0 Å². The molecule has 0 rings (SSSR count). The van der Waals surface area contributed by atoms with Crippen LogP contribution in [0.1, 0.15) is 25.7 Å². The van der Waals surface area contributed by atoms with E-state index in [2.05, 4.69) is 5.32 Å². The zero-order chi connectivity index (χ0) is 11.7. The Morgan fingerprint density at radius 1 is 1.33 bits per heavy atom. The monoisotopic (exact) mass is 218 g/mol. The lowest BCUT2D eigenvalue weighted by atomic mass is 10.1. The SMILES string of the molecule is N[C@@H](CCC(=O)NCCCCO)C(=O)O. The van der Waals surface area contributed by atoms with Crippen LogP contribution in [0, 0.1) is 0 Å². The standard InChI is InChI=1S/C9H18N2O4/c10-7(9(14)15)3-4-8(13)11-5-1-2-6-12/h7,12H,1-6,10H2,(H,11,13)(H,14,15)/t7-/m0/s1. The molecular formula is C9H18N2O4. The third-order valence-corrected chi connectivity index (χ3v) is 1.91. The maximum Gasteiger partial charge on any atom is 0.320 e. The number of carboxylic acids is 1. The van der Waals surface area contributed by atoms with Crippen molar-refractivity contribution >= 4 is 11.9 Å². The highest BCUT2D eigenvalue weighted by molar-refractivity contribution is 5.78. The summed E-state index contributed by atoms with van der Waals surface area (Å²) in [6.45, 7) is 0.613. The van der Waals surface area contributed by atoms with Crippen LogP contribution in [0.15, 0.2) is 0 Å². The number of hydrogen-bond donors (Lipinski definition) is 4. The largest absolute Gasteiger partial charge is 0.480 e. The van der Waals surface area contributed by atoms with Crippen LogP contribution < -0.4 is 11.1 Å². The molecule has 5 N–H and O–H groups in total. The molecule has 6 heteroatoms. The Morgan fingerprint density at radius 2 is 2.00 bits per heavy atom. The lowest BCUT2D eigenvalue weighted by molar-refractivity contribution is -0.138. The molecular weight excluding hydrogens is 200 g/mol. The van der Waals surface area contributed by atoms with Gasteiger partial charge in [-0.2, -0.15) is 0 Å². The Bertz CT molecular complexity index is 208. The number of carbonyl (C=O) groups excluding carboxylic acids is 1. The summed E-state index contributed by atoms with van der Waals surface area (Å²) in [5.74, 6) is -1.30. The first-order chi connectivity index (χ1) is 7.07. The molecule has 0 aromatic rings. The molecule has 0 aliphatic carbocycles. The predicted molar refractivity (Wildman–Crippen MR) is 54.2 cm³/mol. The van der Waals surface area contributed by atoms with Crippen LogP contribution in [0.3, 0.4) is 0 Å². The minimum Gasteiger partial charge on any atom is -0.480 e. The predicted octanol–water partition coefficient (Wildman–Crippen LogP) is -0.933. The summed E-state index contributed by atoms with van der Waals surface area (Å²) >= 11 is 0. The molecule has 0 aliphatic rings. The van der Waals surface area contributed by atoms with Gasteiger partial charge in [-0.15, -0.1) is 0 Å². The number of hydrogen-bond acceptors (Lipinski definition) is 4. The van der Waals surface area contributed by atoms with Crippen LogP contribution in [-0.2, 0) is 9.59 Å². The van der Waals surface area contributed by atoms with E-state index in [1.54, 1.807) is 0 Å². The van der Waals surface area contributed by atoms with Crippen LogP contribution >= 0.6 is 0 Å². The Morgan fingerprint density at radius 3 is 2.53 bits per heavy atom. The summed E-state index contributed by atoms with van der Waals surface area (Å²) in [7, 11) is 0. The number of nitrogens with one attached hydrogen (secondary N) is 1. The number of rotatable bonds is 8. The molecule has 0 fully saturated rings. The highest BCUT2D eigenvalue weighted by Gasteiger charge is 2.12. The number of aliphatic carboxylic acids is 1. The molecule has 0 unspecified atom stereocenters. The van der Waals surface area contributed by atoms with E-state index in [1.807, 2.05) is 0 Å². The summed E-state index contributed by atoms with van der Waals surface area (Å²) in [6.07, 6.45) is 1.62. The highest BCUT2D eigenvalue weighted by Crippen LogP contribution is 1.95. The Kier molecular flexibility index (Phi) is 7.57. The Hall–Kier alpha value is -1.14.